The average molecular weight is 352 g/mol. The monoisotopic (exact) mass is 352 g/mol. The van der Waals surface area contributed by atoms with Crippen molar-refractivity contribution >= 4 is 17.5 Å². The molecule has 0 bridgehead atoms. The van der Waals surface area contributed by atoms with Crippen LogP contribution in [0.2, 0.25) is 0 Å². The Kier molecular flexibility index (Phi) is 5.48. The number of carbonyl (C=O) groups is 2. The molecule has 0 saturated carbocycles. The van der Waals surface area contributed by atoms with Crippen LogP contribution in [0.5, 0.6) is 0 Å². The van der Waals surface area contributed by atoms with Gasteiger partial charge in [0.1, 0.15) is 0 Å². The van der Waals surface area contributed by atoms with Crippen LogP contribution in [-0.4, -0.2) is 27.9 Å². The van der Waals surface area contributed by atoms with E-state index in [0.29, 0.717) is 17.8 Å². The number of hydrogen-bond acceptors (Lipinski definition) is 4. The number of aryl methyl sites for hydroxylation is 2. The Bertz CT molecular complexity index is 870. The van der Waals surface area contributed by atoms with E-state index >= 15 is 0 Å². The lowest BCUT2D eigenvalue weighted by Crippen LogP contribution is -2.25. The van der Waals surface area contributed by atoms with Crippen LogP contribution in [0.4, 0.5) is 5.69 Å². The Labute approximate surface area is 151 Å². The first kappa shape index (κ1) is 17.5. The number of amides is 2. The van der Waals surface area contributed by atoms with Gasteiger partial charge in [0.25, 0.3) is 11.8 Å². The van der Waals surface area contributed by atoms with Gasteiger partial charge in [-0.1, -0.05) is 6.07 Å². The van der Waals surface area contributed by atoms with Gasteiger partial charge in [0.2, 0.25) is 0 Å². The second-order valence-corrected chi connectivity index (χ2v) is 5.87. The molecule has 0 atom stereocenters. The van der Waals surface area contributed by atoms with Crippen molar-refractivity contribution in [3.05, 3.63) is 72.2 Å². The Morgan fingerprint density at radius 3 is 2.85 bits per heavy atom. The average Bonchev–Trinajstić information content (AvgIpc) is 3.34. The zero-order chi connectivity index (χ0) is 18.4. The molecular weight excluding hydrogens is 332 g/mol. The van der Waals surface area contributed by atoms with Crippen LogP contribution in [0, 0.1) is 6.92 Å². The molecule has 134 valence electrons. The SMILES string of the molecule is Cc1ccc(C(=O)NCCCn2ccnc2)cc1NC(=O)c1ccco1. The lowest BCUT2D eigenvalue weighted by molar-refractivity contribution is 0.0950. The molecule has 0 aliphatic heterocycles. The largest absolute Gasteiger partial charge is 0.459 e. The van der Waals surface area contributed by atoms with Gasteiger partial charge in [0.05, 0.1) is 12.6 Å². The molecule has 2 aromatic heterocycles. The lowest BCUT2D eigenvalue weighted by atomic mass is 10.1. The summed E-state index contributed by atoms with van der Waals surface area (Å²) < 4.78 is 7.04. The van der Waals surface area contributed by atoms with Gasteiger partial charge in [0, 0.05) is 36.7 Å². The smallest absolute Gasteiger partial charge is 0.291 e. The maximum absolute atomic E-state index is 12.3. The highest BCUT2D eigenvalue weighted by molar-refractivity contribution is 6.03. The summed E-state index contributed by atoms with van der Waals surface area (Å²) in [6.45, 7) is 3.21. The Morgan fingerprint density at radius 1 is 1.23 bits per heavy atom. The first-order valence-electron chi connectivity index (χ1n) is 8.33. The fourth-order valence-electron chi connectivity index (χ4n) is 2.47. The van der Waals surface area contributed by atoms with E-state index < -0.39 is 0 Å². The molecule has 3 rings (SSSR count). The highest BCUT2D eigenvalue weighted by Crippen LogP contribution is 2.18. The molecule has 7 heteroatoms. The molecule has 2 heterocycles. The fraction of sp³-hybridized carbons (Fsp3) is 0.211. The van der Waals surface area contributed by atoms with E-state index in [2.05, 4.69) is 15.6 Å². The van der Waals surface area contributed by atoms with Crippen molar-refractivity contribution in [1.29, 1.82) is 0 Å². The highest BCUT2D eigenvalue weighted by atomic mass is 16.3. The molecule has 0 aliphatic carbocycles. The zero-order valence-corrected chi connectivity index (χ0v) is 14.4. The number of furan rings is 1. The fourth-order valence-corrected chi connectivity index (χ4v) is 2.47. The summed E-state index contributed by atoms with van der Waals surface area (Å²) >= 11 is 0. The number of nitrogens with one attached hydrogen (secondary N) is 2. The summed E-state index contributed by atoms with van der Waals surface area (Å²) in [6, 6.07) is 8.44. The normalized spacial score (nSPS) is 10.5. The third-order valence-electron chi connectivity index (χ3n) is 3.93. The predicted octanol–water partition coefficient (Wildman–Crippen LogP) is 2.86. The molecule has 1 aromatic carbocycles. The van der Waals surface area contributed by atoms with Gasteiger partial charge < -0.3 is 19.6 Å². The van der Waals surface area contributed by atoms with Gasteiger partial charge in [-0.25, -0.2) is 4.98 Å². The van der Waals surface area contributed by atoms with Gasteiger partial charge in [-0.3, -0.25) is 9.59 Å². The molecule has 0 saturated heterocycles. The van der Waals surface area contributed by atoms with Crippen LogP contribution in [0.3, 0.4) is 0 Å². The van der Waals surface area contributed by atoms with Crippen LogP contribution in [0.15, 0.2) is 59.7 Å². The minimum Gasteiger partial charge on any atom is -0.459 e. The van der Waals surface area contributed by atoms with E-state index in [9.17, 15) is 9.59 Å². The van der Waals surface area contributed by atoms with E-state index in [-0.39, 0.29) is 17.6 Å². The quantitative estimate of drug-likeness (QED) is 0.640. The second-order valence-electron chi connectivity index (χ2n) is 5.87. The Morgan fingerprint density at radius 2 is 2.12 bits per heavy atom. The number of rotatable bonds is 7. The van der Waals surface area contributed by atoms with Crippen molar-refractivity contribution in [3.8, 4) is 0 Å². The van der Waals surface area contributed by atoms with Crippen LogP contribution >= 0.6 is 0 Å². The molecule has 2 N–H and O–H groups in total. The van der Waals surface area contributed by atoms with Crippen molar-refractivity contribution in [3.63, 3.8) is 0 Å². The third-order valence-corrected chi connectivity index (χ3v) is 3.93. The predicted molar refractivity (Wildman–Crippen MR) is 97.0 cm³/mol. The summed E-state index contributed by atoms with van der Waals surface area (Å²) in [5, 5.41) is 5.66. The topological polar surface area (TPSA) is 89.2 Å². The molecule has 0 spiro atoms. The van der Waals surface area contributed by atoms with Crippen molar-refractivity contribution in [2.75, 3.05) is 11.9 Å². The molecular formula is C19H20N4O3. The lowest BCUT2D eigenvalue weighted by Gasteiger charge is -2.10. The van der Waals surface area contributed by atoms with Gasteiger partial charge in [-0.2, -0.15) is 0 Å². The summed E-state index contributed by atoms with van der Waals surface area (Å²) in [5.41, 5.74) is 1.94. The van der Waals surface area contributed by atoms with Gasteiger partial charge in [-0.15, -0.1) is 0 Å². The molecule has 3 aromatic rings. The van der Waals surface area contributed by atoms with Crippen molar-refractivity contribution in [1.82, 2.24) is 14.9 Å². The number of imidazole rings is 1. The van der Waals surface area contributed by atoms with Crippen LogP contribution in [0.1, 0.15) is 32.9 Å². The van der Waals surface area contributed by atoms with Crippen molar-refractivity contribution in [2.45, 2.75) is 19.9 Å². The van der Waals surface area contributed by atoms with Crippen LogP contribution < -0.4 is 10.6 Å². The molecule has 0 aliphatic rings. The Hall–Kier alpha value is -3.35. The zero-order valence-electron chi connectivity index (χ0n) is 14.4. The second kappa shape index (κ2) is 8.15. The van der Waals surface area contributed by atoms with Crippen molar-refractivity contribution < 1.29 is 14.0 Å². The molecule has 7 nitrogen and oxygen atoms in total. The maximum atomic E-state index is 12.3. The Balaban J connectivity index is 1.57. The van der Waals surface area contributed by atoms with Gasteiger partial charge in [-0.05, 0) is 43.2 Å². The number of carbonyl (C=O) groups excluding carboxylic acids is 2. The van der Waals surface area contributed by atoms with E-state index in [1.807, 2.05) is 17.7 Å². The number of hydrogen-bond donors (Lipinski definition) is 2. The first-order valence-corrected chi connectivity index (χ1v) is 8.33. The summed E-state index contributed by atoms with van der Waals surface area (Å²) in [4.78, 5) is 28.4. The van der Waals surface area contributed by atoms with E-state index in [4.69, 9.17) is 4.42 Å². The van der Waals surface area contributed by atoms with Gasteiger partial charge in [0.15, 0.2) is 5.76 Å². The maximum Gasteiger partial charge on any atom is 0.291 e. The minimum atomic E-state index is -0.351. The van der Waals surface area contributed by atoms with Crippen molar-refractivity contribution in [2.24, 2.45) is 0 Å². The number of anilines is 1. The van der Waals surface area contributed by atoms with E-state index in [1.54, 1.807) is 42.9 Å². The number of nitrogens with zero attached hydrogens (tertiary/aromatic N) is 2. The number of aromatic nitrogens is 2. The number of benzene rings is 1. The summed E-state index contributed by atoms with van der Waals surface area (Å²) in [6.07, 6.45) is 7.60. The molecule has 0 fully saturated rings. The van der Waals surface area contributed by atoms with E-state index in [1.165, 1.54) is 6.26 Å². The van der Waals surface area contributed by atoms with Crippen LogP contribution in [0.25, 0.3) is 0 Å². The summed E-state index contributed by atoms with van der Waals surface area (Å²) in [7, 11) is 0. The summed E-state index contributed by atoms with van der Waals surface area (Å²) in [5.74, 6) is -0.307. The molecule has 2 amide bonds. The van der Waals surface area contributed by atoms with Crippen LogP contribution in [-0.2, 0) is 6.54 Å². The molecule has 0 unspecified atom stereocenters. The minimum absolute atomic E-state index is 0.177. The molecule has 0 radical (unpaired) electrons. The first-order chi connectivity index (χ1) is 12.6. The standard InChI is InChI=1S/C19H20N4O3/c1-14-5-6-15(12-16(14)22-19(25)17-4-2-11-26-17)18(24)21-7-3-9-23-10-8-20-13-23/h2,4-6,8,10-13H,3,7,9H2,1H3,(H,21,24)(H,22,25). The highest BCUT2D eigenvalue weighted by Gasteiger charge is 2.12. The molecule has 26 heavy (non-hydrogen) atoms. The van der Waals surface area contributed by atoms with Gasteiger partial charge >= 0.3 is 0 Å². The third kappa shape index (κ3) is 4.38. The van der Waals surface area contributed by atoms with E-state index in [0.717, 1.165) is 18.5 Å².